The predicted molar refractivity (Wildman–Crippen MR) is 83.6 cm³/mol. The van der Waals surface area contributed by atoms with Gasteiger partial charge in [-0.15, -0.1) is 0 Å². The van der Waals surface area contributed by atoms with Crippen molar-refractivity contribution in [1.29, 1.82) is 0 Å². The molecular formula is C14H25NOSSi. The number of rotatable bonds is 3. The van der Waals surface area contributed by atoms with Gasteiger partial charge in [0, 0.05) is 11.6 Å². The third-order valence-electron chi connectivity index (χ3n) is 4.33. The SMILES string of the molecule is CCOC(=S)C1=CCC(N2CCC[Si]2(C)C)CC1. The van der Waals surface area contributed by atoms with E-state index in [9.17, 15) is 0 Å². The van der Waals surface area contributed by atoms with Crippen LogP contribution in [0.2, 0.25) is 19.1 Å². The van der Waals surface area contributed by atoms with Crippen molar-refractivity contribution in [2.24, 2.45) is 0 Å². The van der Waals surface area contributed by atoms with E-state index >= 15 is 0 Å². The van der Waals surface area contributed by atoms with Crippen LogP contribution in [-0.4, -0.2) is 37.0 Å². The average Bonchev–Trinajstić information content (AvgIpc) is 2.69. The molecule has 1 atom stereocenters. The van der Waals surface area contributed by atoms with Crippen molar-refractivity contribution in [2.45, 2.75) is 57.8 Å². The summed E-state index contributed by atoms with van der Waals surface area (Å²) in [6.07, 6.45) is 7.26. The molecule has 1 saturated heterocycles. The van der Waals surface area contributed by atoms with Gasteiger partial charge in [0.15, 0.2) is 5.05 Å². The van der Waals surface area contributed by atoms with Crippen LogP contribution in [0.4, 0.5) is 0 Å². The summed E-state index contributed by atoms with van der Waals surface area (Å²) in [5, 5.41) is 0.730. The Hall–Kier alpha value is -0.193. The summed E-state index contributed by atoms with van der Waals surface area (Å²) in [6, 6.07) is 2.24. The zero-order chi connectivity index (χ0) is 13.2. The lowest BCUT2D eigenvalue weighted by Crippen LogP contribution is -2.49. The maximum absolute atomic E-state index is 5.44. The zero-order valence-corrected chi connectivity index (χ0v) is 13.7. The van der Waals surface area contributed by atoms with Crippen LogP contribution in [0.25, 0.3) is 0 Å². The highest BCUT2D eigenvalue weighted by molar-refractivity contribution is 7.80. The summed E-state index contributed by atoms with van der Waals surface area (Å²) >= 11 is 5.30. The van der Waals surface area contributed by atoms with E-state index in [1.54, 1.807) is 0 Å². The van der Waals surface area contributed by atoms with Gasteiger partial charge in [-0.05, 0) is 57.4 Å². The Morgan fingerprint density at radius 2 is 2.33 bits per heavy atom. The van der Waals surface area contributed by atoms with Crippen LogP contribution in [0.15, 0.2) is 11.6 Å². The Morgan fingerprint density at radius 3 is 2.83 bits per heavy atom. The van der Waals surface area contributed by atoms with Crippen LogP contribution in [0, 0.1) is 0 Å². The van der Waals surface area contributed by atoms with Gasteiger partial charge in [-0.3, -0.25) is 0 Å². The third-order valence-corrected chi connectivity index (χ3v) is 8.43. The van der Waals surface area contributed by atoms with Crippen molar-refractivity contribution in [3.8, 4) is 0 Å². The van der Waals surface area contributed by atoms with Crippen LogP contribution < -0.4 is 0 Å². The van der Waals surface area contributed by atoms with E-state index < -0.39 is 8.24 Å². The van der Waals surface area contributed by atoms with Gasteiger partial charge in [-0.2, -0.15) is 0 Å². The lowest BCUT2D eigenvalue weighted by Gasteiger charge is -2.38. The highest BCUT2D eigenvalue weighted by atomic mass is 32.1. The van der Waals surface area contributed by atoms with Gasteiger partial charge in [0.1, 0.15) is 8.24 Å². The Morgan fingerprint density at radius 1 is 1.56 bits per heavy atom. The highest BCUT2D eigenvalue weighted by Gasteiger charge is 2.38. The molecule has 18 heavy (non-hydrogen) atoms. The normalized spacial score (nSPS) is 27.9. The van der Waals surface area contributed by atoms with Gasteiger partial charge in [-0.1, -0.05) is 19.2 Å². The Balaban J connectivity index is 1.95. The molecule has 0 amide bonds. The zero-order valence-electron chi connectivity index (χ0n) is 11.9. The molecule has 1 aliphatic heterocycles. The van der Waals surface area contributed by atoms with Crippen LogP contribution in [0.3, 0.4) is 0 Å². The summed E-state index contributed by atoms with van der Waals surface area (Å²) in [4.78, 5) is 0. The second-order valence-corrected chi connectivity index (χ2v) is 11.1. The van der Waals surface area contributed by atoms with Crippen molar-refractivity contribution in [2.75, 3.05) is 13.2 Å². The quantitative estimate of drug-likeness (QED) is 0.578. The Kier molecular flexibility index (Phi) is 4.62. The molecule has 1 heterocycles. The van der Waals surface area contributed by atoms with Crippen LogP contribution in [-0.2, 0) is 4.74 Å². The molecule has 0 N–H and O–H groups in total. The summed E-state index contributed by atoms with van der Waals surface area (Å²) in [5.74, 6) is 0. The molecule has 2 rings (SSSR count). The number of ether oxygens (including phenoxy) is 1. The second-order valence-electron chi connectivity index (χ2n) is 5.99. The summed E-state index contributed by atoms with van der Waals surface area (Å²) in [7, 11) is -1.08. The van der Waals surface area contributed by atoms with E-state index in [0.717, 1.165) is 17.5 Å². The van der Waals surface area contributed by atoms with Crippen molar-refractivity contribution in [3.05, 3.63) is 11.6 Å². The van der Waals surface area contributed by atoms with Gasteiger partial charge in [0.2, 0.25) is 0 Å². The van der Waals surface area contributed by atoms with Crippen LogP contribution in [0.1, 0.15) is 32.6 Å². The molecule has 102 valence electrons. The molecule has 0 bridgehead atoms. The van der Waals surface area contributed by atoms with E-state index in [2.05, 4.69) is 23.7 Å². The van der Waals surface area contributed by atoms with E-state index in [1.807, 2.05) is 6.92 Å². The molecule has 1 unspecified atom stereocenters. The molecule has 0 aromatic carbocycles. The molecule has 0 saturated carbocycles. The molecule has 2 aliphatic rings. The van der Waals surface area contributed by atoms with Gasteiger partial charge < -0.3 is 9.30 Å². The van der Waals surface area contributed by atoms with Crippen molar-refractivity contribution in [3.63, 3.8) is 0 Å². The highest BCUT2D eigenvalue weighted by Crippen LogP contribution is 2.33. The molecule has 0 aromatic rings. The predicted octanol–water partition coefficient (Wildman–Crippen LogP) is 3.74. The fourth-order valence-electron chi connectivity index (χ4n) is 3.32. The third kappa shape index (κ3) is 3.03. The number of hydrogen-bond acceptors (Lipinski definition) is 3. The molecule has 0 spiro atoms. The lowest BCUT2D eigenvalue weighted by atomic mass is 9.95. The van der Waals surface area contributed by atoms with E-state index in [-0.39, 0.29) is 0 Å². The van der Waals surface area contributed by atoms with Gasteiger partial charge in [-0.25, -0.2) is 0 Å². The smallest absolute Gasteiger partial charge is 0.186 e. The lowest BCUT2D eigenvalue weighted by molar-refractivity contribution is 0.306. The molecule has 4 heteroatoms. The minimum Gasteiger partial charge on any atom is -0.483 e. The average molecular weight is 284 g/mol. The molecule has 2 nitrogen and oxygen atoms in total. The molecule has 1 aliphatic carbocycles. The standard InChI is InChI=1S/C14H25NOSSi/c1-4-16-14(17)12-6-8-13(9-7-12)15-10-5-11-18(15,2)3/h6,13H,4-5,7-11H2,1-3H3. The minimum atomic E-state index is -1.08. The van der Waals surface area contributed by atoms with Crippen molar-refractivity contribution in [1.82, 2.24) is 4.57 Å². The Bertz CT molecular complexity index is 354. The fraction of sp³-hybridized carbons (Fsp3) is 0.786. The van der Waals surface area contributed by atoms with Crippen LogP contribution in [0.5, 0.6) is 0 Å². The van der Waals surface area contributed by atoms with Crippen LogP contribution >= 0.6 is 12.2 Å². The monoisotopic (exact) mass is 283 g/mol. The maximum Gasteiger partial charge on any atom is 0.186 e. The summed E-state index contributed by atoms with van der Waals surface area (Å²) in [5.41, 5.74) is 1.27. The number of nitrogens with zero attached hydrogens (tertiary/aromatic N) is 1. The minimum absolute atomic E-state index is 0.686. The summed E-state index contributed by atoms with van der Waals surface area (Å²) < 4.78 is 8.28. The Labute approximate surface area is 117 Å². The molecule has 0 radical (unpaired) electrons. The first-order chi connectivity index (χ1) is 8.54. The van der Waals surface area contributed by atoms with Gasteiger partial charge in [0.05, 0.1) is 6.61 Å². The van der Waals surface area contributed by atoms with Gasteiger partial charge in [0.25, 0.3) is 0 Å². The van der Waals surface area contributed by atoms with Gasteiger partial charge >= 0.3 is 0 Å². The van der Waals surface area contributed by atoms with E-state index in [1.165, 1.54) is 37.4 Å². The van der Waals surface area contributed by atoms with Crippen molar-refractivity contribution < 1.29 is 4.74 Å². The molecule has 1 fully saturated rings. The number of hydrogen-bond donors (Lipinski definition) is 0. The van der Waals surface area contributed by atoms with E-state index in [4.69, 9.17) is 17.0 Å². The largest absolute Gasteiger partial charge is 0.483 e. The fourth-order valence-corrected chi connectivity index (χ4v) is 6.92. The second kappa shape index (κ2) is 5.84. The maximum atomic E-state index is 5.44. The first kappa shape index (κ1) is 14.2. The molecular weight excluding hydrogens is 258 g/mol. The summed E-state index contributed by atoms with van der Waals surface area (Å²) in [6.45, 7) is 9.04. The number of thiocarbonyl (C=S) groups is 1. The molecule has 0 aromatic heterocycles. The first-order valence-corrected chi connectivity index (χ1v) is 10.7. The topological polar surface area (TPSA) is 12.5 Å². The van der Waals surface area contributed by atoms with Crippen molar-refractivity contribution >= 4 is 25.5 Å². The van der Waals surface area contributed by atoms with E-state index in [0.29, 0.717) is 6.61 Å². The first-order valence-electron chi connectivity index (χ1n) is 7.17.